The van der Waals surface area contributed by atoms with Crippen molar-refractivity contribution >= 4 is 34.8 Å². The molecule has 1 saturated carbocycles. The molecule has 5 rings (SSSR count). The van der Waals surface area contributed by atoms with Crippen molar-refractivity contribution in [1.29, 1.82) is 0 Å². The molecule has 2 fully saturated rings. The van der Waals surface area contributed by atoms with Crippen LogP contribution >= 0.6 is 0 Å². The predicted octanol–water partition coefficient (Wildman–Crippen LogP) is 5.76. The summed E-state index contributed by atoms with van der Waals surface area (Å²) in [7, 11) is 0. The Kier molecular flexibility index (Phi) is 8.72. The van der Waals surface area contributed by atoms with Crippen LogP contribution in [0.4, 0.5) is 4.79 Å². The van der Waals surface area contributed by atoms with Gasteiger partial charge in [-0.15, -0.1) is 0 Å². The van der Waals surface area contributed by atoms with Gasteiger partial charge in [0, 0.05) is 28.8 Å². The lowest BCUT2D eigenvalue weighted by Gasteiger charge is -2.37. The van der Waals surface area contributed by atoms with Gasteiger partial charge in [-0.25, -0.2) is 9.59 Å². The van der Waals surface area contributed by atoms with E-state index in [2.05, 4.69) is 5.32 Å². The Morgan fingerprint density at radius 3 is 2.25 bits per heavy atom. The van der Waals surface area contributed by atoms with E-state index in [1.165, 1.54) is 0 Å². The van der Waals surface area contributed by atoms with E-state index < -0.39 is 41.6 Å². The third-order valence-corrected chi connectivity index (χ3v) is 9.00. The molecule has 10 nitrogen and oxygen atoms in total. The Bertz CT molecular complexity index is 1540. The van der Waals surface area contributed by atoms with Gasteiger partial charge < -0.3 is 30.2 Å². The molecule has 1 aliphatic carbocycles. The highest BCUT2D eigenvalue weighted by Gasteiger charge is 2.51. The van der Waals surface area contributed by atoms with Gasteiger partial charge in [-0.05, 0) is 77.3 Å². The van der Waals surface area contributed by atoms with E-state index >= 15 is 0 Å². The number of para-hydroxylation sites is 1. The lowest BCUT2D eigenvalue weighted by Crippen LogP contribution is -2.50. The first-order valence-electron chi connectivity index (χ1n) is 15.3. The number of rotatable bonds is 7. The minimum atomic E-state index is -1.24. The number of hydrogen-bond acceptors (Lipinski definition) is 6. The molecule has 1 aliphatic heterocycles. The molecule has 2 aromatic carbocycles. The van der Waals surface area contributed by atoms with Gasteiger partial charge in [0.25, 0.3) is 0 Å². The molecule has 234 valence electrons. The van der Waals surface area contributed by atoms with E-state index in [0.29, 0.717) is 48.6 Å². The third kappa shape index (κ3) is 6.30. The molecule has 44 heavy (non-hydrogen) atoms. The summed E-state index contributed by atoms with van der Waals surface area (Å²) in [6.07, 6.45) is 2.37. The second kappa shape index (κ2) is 12.3. The fourth-order valence-corrected chi connectivity index (χ4v) is 7.02. The van der Waals surface area contributed by atoms with Gasteiger partial charge in [0.15, 0.2) is 0 Å². The number of alkyl carbamates (subject to hydrolysis) is 1. The van der Waals surface area contributed by atoms with Gasteiger partial charge in [-0.2, -0.15) is 0 Å². The minimum absolute atomic E-state index is 0.142. The standard InChI is InChI=1S/C34H41N3O7/c1-19(36-33(42)44-34(2,3)4)20-14-16-22(17-15-20)31(39)37-25(18-24(28(37)30(35)38)21-10-6-5-7-11-21)27-23-12-8-9-13-26(23)43-29(27)32(40)41/h5-13,19-20,22,24-25,28H,14-18H2,1-4H3,(H2,35,38)(H,36,42)(H,40,41)/t19?,20?,22?,24-,25?,28+/m1/s1. The number of carbonyl (C=O) groups is 4. The van der Waals surface area contributed by atoms with Crippen molar-refractivity contribution in [2.45, 2.75) is 89.4 Å². The van der Waals surface area contributed by atoms with Crippen LogP contribution in [0.2, 0.25) is 0 Å². The largest absolute Gasteiger partial charge is 0.475 e. The van der Waals surface area contributed by atoms with Gasteiger partial charge in [0.05, 0.1) is 6.04 Å². The number of ether oxygens (including phenoxy) is 1. The van der Waals surface area contributed by atoms with Crippen LogP contribution in [0.1, 0.15) is 93.4 Å². The van der Waals surface area contributed by atoms with Crippen LogP contribution in [-0.2, 0) is 14.3 Å². The molecule has 1 saturated heterocycles. The SMILES string of the molecule is CC(NC(=O)OC(C)(C)C)C1CCC(C(=O)N2C(c3c(C(=O)O)oc4ccccc34)C[C@H](c3ccccc3)[C@H]2C(N)=O)CC1. The minimum Gasteiger partial charge on any atom is -0.475 e. The van der Waals surface area contributed by atoms with E-state index in [0.717, 1.165) is 5.56 Å². The average Bonchev–Trinajstić information content (AvgIpc) is 3.56. The number of likely N-dealkylation sites (tertiary alicyclic amines) is 1. The number of nitrogens with one attached hydrogen (secondary N) is 1. The molecular formula is C34H41N3O7. The van der Waals surface area contributed by atoms with Crippen molar-refractivity contribution in [1.82, 2.24) is 10.2 Å². The predicted molar refractivity (Wildman–Crippen MR) is 164 cm³/mol. The monoisotopic (exact) mass is 603 g/mol. The smallest absolute Gasteiger partial charge is 0.407 e. The molecule has 0 radical (unpaired) electrons. The van der Waals surface area contributed by atoms with Crippen molar-refractivity contribution in [2.24, 2.45) is 17.6 Å². The fraction of sp³-hybridized carbons (Fsp3) is 0.471. The van der Waals surface area contributed by atoms with Gasteiger partial charge in [-0.3, -0.25) is 9.59 Å². The van der Waals surface area contributed by atoms with Crippen molar-refractivity contribution in [3.8, 4) is 0 Å². The highest BCUT2D eigenvalue weighted by molar-refractivity contribution is 5.97. The molecule has 2 heterocycles. The number of carboxylic acids is 1. The van der Waals surface area contributed by atoms with E-state index in [1.807, 2.05) is 58.0 Å². The number of carboxylic acid groups (broad SMARTS) is 1. The summed E-state index contributed by atoms with van der Waals surface area (Å²) in [4.78, 5) is 53.9. The topological polar surface area (TPSA) is 152 Å². The summed E-state index contributed by atoms with van der Waals surface area (Å²) in [5.74, 6) is -2.99. The van der Waals surface area contributed by atoms with Gasteiger partial charge in [0.2, 0.25) is 17.6 Å². The summed E-state index contributed by atoms with van der Waals surface area (Å²) in [5, 5.41) is 13.7. The first-order chi connectivity index (χ1) is 20.9. The number of primary amides is 1. The van der Waals surface area contributed by atoms with Crippen molar-refractivity contribution in [3.05, 3.63) is 71.5 Å². The number of nitrogens with two attached hydrogens (primary N) is 1. The zero-order valence-electron chi connectivity index (χ0n) is 25.6. The molecule has 4 N–H and O–H groups in total. The highest BCUT2D eigenvalue weighted by Crippen LogP contribution is 2.49. The lowest BCUT2D eigenvalue weighted by molar-refractivity contribution is -0.144. The van der Waals surface area contributed by atoms with Crippen LogP contribution in [0.3, 0.4) is 0 Å². The van der Waals surface area contributed by atoms with Crippen LogP contribution in [0.25, 0.3) is 11.0 Å². The number of benzene rings is 2. The number of aromatic carboxylic acids is 1. The fourth-order valence-electron chi connectivity index (χ4n) is 7.02. The molecule has 3 amide bonds. The second-order valence-electron chi connectivity index (χ2n) is 13.1. The summed E-state index contributed by atoms with van der Waals surface area (Å²) < 4.78 is 11.2. The first-order valence-corrected chi connectivity index (χ1v) is 15.3. The number of fused-ring (bicyclic) bond motifs is 1. The van der Waals surface area contributed by atoms with Crippen molar-refractivity contribution in [3.63, 3.8) is 0 Å². The molecule has 0 bridgehead atoms. The Morgan fingerprint density at radius 1 is 1.00 bits per heavy atom. The Hall–Kier alpha value is -4.34. The van der Waals surface area contributed by atoms with Crippen LogP contribution in [0, 0.1) is 11.8 Å². The van der Waals surface area contributed by atoms with Crippen LogP contribution in [0.5, 0.6) is 0 Å². The Morgan fingerprint density at radius 2 is 1.64 bits per heavy atom. The number of furan rings is 1. The zero-order chi connectivity index (χ0) is 31.8. The summed E-state index contributed by atoms with van der Waals surface area (Å²) >= 11 is 0. The second-order valence-corrected chi connectivity index (χ2v) is 13.1. The maximum Gasteiger partial charge on any atom is 0.407 e. The van der Waals surface area contributed by atoms with Crippen LogP contribution < -0.4 is 11.1 Å². The number of carbonyl (C=O) groups excluding carboxylic acids is 3. The average molecular weight is 604 g/mol. The number of nitrogens with zero attached hydrogens (tertiary/aromatic N) is 1. The van der Waals surface area contributed by atoms with Gasteiger partial charge >= 0.3 is 12.1 Å². The van der Waals surface area contributed by atoms with E-state index in [9.17, 15) is 24.3 Å². The zero-order valence-corrected chi connectivity index (χ0v) is 25.6. The quantitative estimate of drug-likeness (QED) is 0.310. The summed E-state index contributed by atoms with van der Waals surface area (Å²) in [5.41, 5.74) is 7.07. The van der Waals surface area contributed by atoms with E-state index in [-0.39, 0.29) is 29.5 Å². The van der Waals surface area contributed by atoms with Crippen molar-refractivity contribution in [2.75, 3.05) is 0 Å². The molecule has 3 aromatic rings. The summed E-state index contributed by atoms with van der Waals surface area (Å²) in [6.45, 7) is 7.38. The number of hydrogen-bond donors (Lipinski definition) is 3. The first kappa shape index (κ1) is 31.1. The molecule has 0 spiro atoms. The van der Waals surface area contributed by atoms with E-state index in [4.69, 9.17) is 14.9 Å². The van der Waals surface area contributed by atoms with Gasteiger partial charge in [-0.1, -0.05) is 48.5 Å². The Balaban J connectivity index is 1.45. The maximum atomic E-state index is 14.5. The number of amides is 3. The molecule has 2 aliphatic rings. The maximum absolute atomic E-state index is 14.5. The Labute approximate surface area is 256 Å². The normalized spacial score (nSPS) is 24.5. The summed E-state index contributed by atoms with van der Waals surface area (Å²) in [6, 6.07) is 14.6. The van der Waals surface area contributed by atoms with E-state index in [1.54, 1.807) is 29.2 Å². The third-order valence-electron chi connectivity index (χ3n) is 9.00. The molecular weight excluding hydrogens is 562 g/mol. The van der Waals surface area contributed by atoms with Crippen molar-refractivity contribution < 1.29 is 33.4 Å². The van der Waals surface area contributed by atoms with Crippen LogP contribution in [-0.4, -0.2) is 51.6 Å². The lowest BCUT2D eigenvalue weighted by atomic mass is 9.78. The molecule has 4 atom stereocenters. The van der Waals surface area contributed by atoms with Gasteiger partial charge in [0.1, 0.15) is 17.2 Å². The highest BCUT2D eigenvalue weighted by atomic mass is 16.6. The molecule has 1 aromatic heterocycles. The molecule has 2 unspecified atom stereocenters. The van der Waals surface area contributed by atoms with Crippen LogP contribution in [0.15, 0.2) is 59.0 Å². The molecule has 10 heteroatoms.